The first kappa shape index (κ1) is 13.1. The lowest BCUT2D eigenvalue weighted by atomic mass is 10.0. The predicted molar refractivity (Wildman–Crippen MR) is 74.8 cm³/mol. The van der Waals surface area contributed by atoms with Crippen LogP contribution in [0.4, 0.5) is 5.82 Å². The molecular formula is C14H20N4O2. The summed E-state index contributed by atoms with van der Waals surface area (Å²) in [6, 6.07) is 2.17. The standard InChI is InChI=1S/C14H20N4O2/c1-20-13-8-12(15-10-16-13)17-6-2-4-11(9-17)18-7-3-5-14(18)19/h8,10-11H,2-7,9H2,1H3/t11-/m1/s1. The molecule has 0 radical (unpaired) electrons. The molecule has 2 aliphatic heterocycles. The number of carbonyl (C=O) groups is 1. The maximum absolute atomic E-state index is 11.9. The number of likely N-dealkylation sites (tertiary alicyclic amines) is 1. The van der Waals surface area contributed by atoms with Gasteiger partial charge in [-0.2, -0.15) is 0 Å². The summed E-state index contributed by atoms with van der Waals surface area (Å²) in [5.41, 5.74) is 0. The summed E-state index contributed by atoms with van der Waals surface area (Å²) in [6.07, 6.45) is 5.40. The summed E-state index contributed by atoms with van der Waals surface area (Å²) in [6.45, 7) is 2.73. The lowest BCUT2D eigenvalue weighted by molar-refractivity contribution is -0.129. The third-order valence-corrected chi connectivity index (χ3v) is 4.11. The lowest BCUT2D eigenvalue weighted by Gasteiger charge is -2.38. The molecule has 3 heterocycles. The Bertz CT molecular complexity index is 494. The molecule has 0 spiro atoms. The molecule has 108 valence electrons. The van der Waals surface area contributed by atoms with E-state index in [1.54, 1.807) is 7.11 Å². The molecule has 0 saturated carbocycles. The van der Waals surface area contributed by atoms with Crippen molar-refractivity contribution >= 4 is 11.7 Å². The molecule has 1 aromatic rings. The second-order valence-corrected chi connectivity index (χ2v) is 5.35. The Labute approximate surface area is 118 Å². The van der Waals surface area contributed by atoms with Crippen LogP contribution in [-0.4, -0.2) is 53.6 Å². The van der Waals surface area contributed by atoms with E-state index < -0.39 is 0 Å². The van der Waals surface area contributed by atoms with Crippen LogP contribution in [0.15, 0.2) is 12.4 Å². The van der Waals surface area contributed by atoms with E-state index in [0.29, 0.717) is 24.2 Å². The van der Waals surface area contributed by atoms with Gasteiger partial charge in [0.05, 0.1) is 7.11 Å². The fourth-order valence-electron chi connectivity index (χ4n) is 3.09. The minimum absolute atomic E-state index is 0.303. The number of nitrogens with zero attached hydrogens (tertiary/aromatic N) is 4. The average Bonchev–Trinajstić information content (AvgIpc) is 2.94. The van der Waals surface area contributed by atoms with Crippen LogP contribution in [0, 0.1) is 0 Å². The maximum atomic E-state index is 11.9. The van der Waals surface area contributed by atoms with Gasteiger partial charge in [0, 0.05) is 38.2 Å². The Hall–Kier alpha value is -1.85. The Morgan fingerprint density at radius 2 is 2.20 bits per heavy atom. The highest BCUT2D eigenvalue weighted by Gasteiger charge is 2.31. The van der Waals surface area contributed by atoms with Crippen LogP contribution in [0.25, 0.3) is 0 Å². The molecule has 0 aromatic carbocycles. The minimum atomic E-state index is 0.303. The van der Waals surface area contributed by atoms with E-state index in [1.807, 2.05) is 11.0 Å². The number of hydrogen-bond acceptors (Lipinski definition) is 5. The van der Waals surface area contributed by atoms with Gasteiger partial charge in [-0.3, -0.25) is 4.79 Å². The Morgan fingerprint density at radius 3 is 2.95 bits per heavy atom. The van der Waals surface area contributed by atoms with Crippen LogP contribution >= 0.6 is 0 Å². The first-order valence-electron chi connectivity index (χ1n) is 7.18. The van der Waals surface area contributed by atoms with Gasteiger partial charge < -0.3 is 14.5 Å². The van der Waals surface area contributed by atoms with Crippen LogP contribution in [0.2, 0.25) is 0 Å². The van der Waals surface area contributed by atoms with E-state index >= 15 is 0 Å². The zero-order chi connectivity index (χ0) is 13.9. The molecule has 20 heavy (non-hydrogen) atoms. The van der Waals surface area contributed by atoms with Crippen molar-refractivity contribution in [2.24, 2.45) is 0 Å². The van der Waals surface area contributed by atoms with Crippen LogP contribution in [0.1, 0.15) is 25.7 Å². The van der Waals surface area contributed by atoms with E-state index in [1.165, 1.54) is 6.33 Å². The van der Waals surface area contributed by atoms with Gasteiger partial charge in [0.1, 0.15) is 12.1 Å². The lowest BCUT2D eigenvalue weighted by Crippen LogP contribution is -2.48. The molecule has 2 fully saturated rings. The maximum Gasteiger partial charge on any atom is 0.222 e. The molecule has 0 aliphatic carbocycles. The number of rotatable bonds is 3. The summed E-state index contributed by atoms with van der Waals surface area (Å²) < 4.78 is 5.15. The van der Waals surface area contributed by atoms with Crippen LogP contribution in [0.3, 0.4) is 0 Å². The van der Waals surface area contributed by atoms with Crippen LogP contribution in [0.5, 0.6) is 5.88 Å². The van der Waals surface area contributed by atoms with E-state index in [2.05, 4.69) is 14.9 Å². The van der Waals surface area contributed by atoms with Crippen molar-refractivity contribution in [3.8, 4) is 5.88 Å². The Morgan fingerprint density at radius 1 is 1.30 bits per heavy atom. The summed E-state index contributed by atoms with van der Waals surface area (Å²) in [5.74, 6) is 1.76. The smallest absolute Gasteiger partial charge is 0.222 e. The molecule has 0 bridgehead atoms. The zero-order valence-corrected chi connectivity index (χ0v) is 11.8. The normalized spacial score (nSPS) is 23.2. The van der Waals surface area contributed by atoms with Gasteiger partial charge in [-0.1, -0.05) is 0 Å². The van der Waals surface area contributed by atoms with Gasteiger partial charge in [0.15, 0.2) is 0 Å². The Kier molecular flexibility index (Phi) is 3.71. The highest BCUT2D eigenvalue weighted by Crippen LogP contribution is 2.25. The number of carbonyl (C=O) groups excluding carboxylic acids is 1. The summed E-state index contributed by atoms with van der Waals surface area (Å²) in [5, 5.41) is 0. The van der Waals surface area contributed by atoms with Crippen LogP contribution < -0.4 is 9.64 Å². The van der Waals surface area contributed by atoms with Crippen molar-refractivity contribution in [1.82, 2.24) is 14.9 Å². The van der Waals surface area contributed by atoms with E-state index in [9.17, 15) is 4.79 Å². The first-order valence-corrected chi connectivity index (χ1v) is 7.18. The van der Waals surface area contributed by atoms with E-state index in [0.717, 1.165) is 44.7 Å². The number of methoxy groups -OCH3 is 1. The van der Waals surface area contributed by atoms with Crippen molar-refractivity contribution in [1.29, 1.82) is 0 Å². The minimum Gasteiger partial charge on any atom is -0.481 e. The third kappa shape index (κ3) is 2.55. The second-order valence-electron chi connectivity index (χ2n) is 5.35. The molecule has 1 amide bonds. The predicted octanol–water partition coefficient (Wildman–Crippen LogP) is 1.08. The molecule has 6 heteroatoms. The largest absolute Gasteiger partial charge is 0.481 e. The molecule has 2 aliphatic rings. The monoisotopic (exact) mass is 276 g/mol. The fraction of sp³-hybridized carbons (Fsp3) is 0.643. The van der Waals surface area contributed by atoms with Crippen molar-refractivity contribution in [2.75, 3.05) is 31.6 Å². The average molecular weight is 276 g/mol. The van der Waals surface area contributed by atoms with Gasteiger partial charge in [0.25, 0.3) is 0 Å². The van der Waals surface area contributed by atoms with Gasteiger partial charge in [-0.05, 0) is 19.3 Å². The SMILES string of the molecule is COc1cc(N2CCC[C@@H](N3CCCC3=O)C2)ncn1. The number of piperidine rings is 1. The van der Waals surface area contributed by atoms with E-state index in [-0.39, 0.29) is 0 Å². The van der Waals surface area contributed by atoms with Gasteiger partial charge in [-0.25, -0.2) is 9.97 Å². The number of amides is 1. The van der Waals surface area contributed by atoms with Crippen molar-refractivity contribution in [2.45, 2.75) is 31.7 Å². The number of hydrogen-bond donors (Lipinski definition) is 0. The fourth-order valence-corrected chi connectivity index (χ4v) is 3.09. The molecular weight excluding hydrogens is 256 g/mol. The molecule has 0 unspecified atom stereocenters. The van der Waals surface area contributed by atoms with E-state index in [4.69, 9.17) is 4.74 Å². The molecule has 2 saturated heterocycles. The molecule has 1 atom stereocenters. The highest BCUT2D eigenvalue weighted by atomic mass is 16.5. The zero-order valence-electron chi connectivity index (χ0n) is 11.8. The molecule has 3 rings (SSSR count). The molecule has 6 nitrogen and oxygen atoms in total. The van der Waals surface area contributed by atoms with Gasteiger partial charge in [0.2, 0.25) is 11.8 Å². The Balaban J connectivity index is 1.72. The highest BCUT2D eigenvalue weighted by molar-refractivity contribution is 5.78. The quantitative estimate of drug-likeness (QED) is 0.826. The topological polar surface area (TPSA) is 58.6 Å². The number of ether oxygens (including phenoxy) is 1. The van der Waals surface area contributed by atoms with Crippen molar-refractivity contribution < 1.29 is 9.53 Å². The van der Waals surface area contributed by atoms with Crippen molar-refractivity contribution in [3.63, 3.8) is 0 Å². The number of aromatic nitrogens is 2. The summed E-state index contributed by atoms with van der Waals surface area (Å²) >= 11 is 0. The number of anilines is 1. The molecule has 1 aromatic heterocycles. The summed E-state index contributed by atoms with van der Waals surface area (Å²) in [7, 11) is 1.61. The second kappa shape index (κ2) is 5.64. The van der Waals surface area contributed by atoms with Gasteiger partial charge >= 0.3 is 0 Å². The van der Waals surface area contributed by atoms with Gasteiger partial charge in [-0.15, -0.1) is 0 Å². The van der Waals surface area contributed by atoms with Crippen LogP contribution in [-0.2, 0) is 4.79 Å². The molecule has 0 N–H and O–H groups in total. The third-order valence-electron chi connectivity index (χ3n) is 4.11. The first-order chi connectivity index (χ1) is 9.78. The van der Waals surface area contributed by atoms with Crippen molar-refractivity contribution in [3.05, 3.63) is 12.4 Å². The summed E-state index contributed by atoms with van der Waals surface area (Å²) in [4.78, 5) is 24.5.